The van der Waals surface area contributed by atoms with Gasteiger partial charge in [-0.25, -0.2) is 0 Å². The van der Waals surface area contributed by atoms with Gasteiger partial charge in [-0.1, -0.05) is 36.8 Å². The maximum absolute atomic E-state index is 12.4. The molecule has 0 radical (unpaired) electrons. The summed E-state index contributed by atoms with van der Waals surface area (Å²) in [5.41, 5.74) is 7.55. The van der Waals surface area contributed by atoms with Crippen LogP contribution < -0.4 is 15.8 Å². The molecule has 2 aromatic carbocycles. The quantitative estimate of drug-likeness (QED) is 0.858. The molecule has 2 unspecified atom stereocenters. The summed E-state index contributed by atoms with van der Waals surface area (Å²) in [6.07, 6.45) is 3.26. The summed E-state index contributed by atoms with van der Waals surface area (Å²) in [4.78, 5) is 12.4. The molecule has 0 aliphatic heterocycles. The lowest BCUT2D eigenvalue weighted by molar-refractivity contribution is 0.0928. The van der Waals surface area contributed by atoms with Gasteiger partial charge < -0.3 is 15.8 Å². The average Bonchev–Trinajstić information content (AvgIpc) is 3.08. The third-order valence-corrected chi connectivity index (χ3v) is 4.64. The Labute approximate surface area is 143 Å². The van der Waals surface area contributed by atoms with Gasteiger partial charge in [-0.05, 0) is 55.1 Å². The highest BCUT2D eigenvalue weighted by Crippen LogP contribution is 2.25. The Morgan fingerprint density at radius 2 is 1.83 bits per heavy atom. The third kappa shape index (κ3) is 4.15. The van der Waals surface area contributed by atoms with Crippen LogP contribution in [-0.4, -0.2) is 18.5 Å². The molecule has 1 aliphatic rings. The average molecular weight is 324 g/mol. The van der Waals surface area contributed by atoms with Crippen molar-refractivity contribution in [3.8, 4) is 5.75 Å². The molecular formula is C20H24N2O2. The lowest BCUT2D eigenvalue weighted by atomic mass is 10.0. The van der Waals surface area contributed by atoms with Gasteiger partial charge in [0.15, 0.2) is 0 Å². The van der Waals surface area contributed by atoms with E-state index < -0.39 is 0 Å². The Hall–Kier alpha value is -2.33. The van der Waals surface area contributed by atoms with E-state index in [2.05, 4.69) is 5.32 Å². The van der Waals surface area contributed by atoms with Crippen LogP contribution in [-0.2, 0) is 6.61 Å². The normalized spacial score (nSPS) is 19.9. The Balaban J connectivity index is 1.54. The number of carbonyl (C=O) groups excluding carboxylic acids is 1. The van der Waals surface area contributed by atoms with Crippen molar-refractivity contribution < 1.29 is 9.53 Å². The molecule has 3 N–H and O–H groups in total. The molecule has 0 bridgehead atoms. The first-order chi connectivity index (χ1) is 11.8. The molecule has 1 saturated carbocycles. The minimum Gasteiger partial charge on any atom is -0.489 e. The monoisotopic (exact) mass is 324 g/mol. The third-order valence-electron chi connectivity index (χ3n) is 4.64. The van der Waals surface area contributed by atoms with Crippen LogP contribution in [0.3, 0.4) is 0 Å². The Kier molecular flexibility index (Phi) is 5.49. The zero-order chi connectivity index (χ0) is 16.8. The summed E-state index contributed by atoms with van der Waals surface area (Å²) in [6, 6.07) is 17.5. The van der Waals surface area contributed by atoms with E-state index in [1.165, 1.54) is 0 Å². The van der Waals surface area contributed by atoms with Crippen LogP contribution in [0, 0.1) is 5.92 Å². The van der Waals surface area contributed by atoms with Crippen LogP contribution in [0.1, 0.15) is 35.2 Å². The van der Waals surface area contributed by atoms with E-state index in [-0.39, 0.29) is 11.9 Å². The molecule has 0 aromatic heterocycles. The van der Waals surface area contributed by atoms with Crippen molar-refractivity contribution in [3.05, 3.63) is 65.7 Å². The number of ether oxygens (including phenoxy) is 1. The summed E-state index contributed by atoms with van der Waals surface area (Å²) < 4.78 is 5.75. The van der Waals surface area contributed by atoms with Gasteiger partial charge in [0.05, 0.1) is 0 Å². The van der Waals surface area contributed by atoms with Crippen molar-refractivity contribution in [1.82, 2.24) is 5.32 Å². The van der Waals surface area contributed by atoms with Crippen molar-refractivity contribution >= 4 is 5.91 Å². The van der Waals surface area contributed by atoms with Crippen LogP contribution in [0.5, 0.6) is 5.75 Å². The van der Waals surface area contributed by atoms with Crippen molar-refractivity contribution in [1.29, 1.82) is 0 Å². The Bertz CT molecular complexity index is 655. The maximum Gasteiger partial charge on any atom is 0.251 e. The molecule has 24 heavy (non-hydrogen) atoms. The second-order valence-corrected chi connectivity index (χ2v) is 6.31. The predicted octanol–water partition coefficient (Wildman–Crippen LogP) is 3.12. The van der Waals surface area contributed by atoms with Crippen LogP contribution in [0.25, 0.3) is 0 Å². The zero-order valence-electron chi connectivity index (χ0n) is 13.8. The second kappa shape index (κ2) is 7.97. The number of rotatable bonds is 6. The molecule has 4 heteroatoms. The first-order valence-corrected chi connectivity index (χ1v) is 8.54. The number of hydrogen-bond donors (Lipinski definition) is 2. The molecule has 1 amide bonds. The summed E-state index contributed by atoms with van der Waals surface area (Å²) >= 11 is 0. The highest BCUT2D eigenvalue weighted by Gasteiger charge is 2.27. The second-order valence-electron chi connectivity index (χ2n) is 6.31. The van der Waals surface area contributed by atoms with Gasteiger partial charge in [-0.15, -0.1) is 0 Å². The fourth-order valence-corrected chi connectivity index (χ4v) is 3.20. The number of amides is 1. The van der Waals surface area contributed by atoms with Crippen molar-refractivity contribution in [2.45, 2.75) is 31.9 Å². The van der Waals surface area contributed by atoms with Crippen LogP contribution in [0.4, 0.5) is 0 Å². The molecule has 4 nitrogen and oxygen atoms in total. The van der Waals surface area contributed by atoms with E-state index in [1.807, 2.05) is 54.6 Å². The maximum atomic E-state index is 12.4. The van der Waals surface area contributed by atoms with Gasteiger partial charge in [0.1, 0.15) is 12.4 Å². The van der Waals surface area contributed by atoms with Crippen LogP contribution in [0.2, 0.25) is 0 Å². The minimum absolute atomic E-state index is 0.0324. The van der Waals surface area contributed by atoms with Gasteiger partial charge in [0.25, 0.3) is 5.91 Å². The highest BCUT2D eigenvalue weighted by molar-refractivity contribution is 5.94. The number of nitrogens with one attached hydrogen (secondary N) is 1. The van der Waals surface area contributed by atoms with Crippen molar-refractivity contribution in [2.24, 2.45) is 11.7 Å². The Morgan fingerprint density at radius 1 is 1.08 bits per heavy atom. The van der Waals surface area contributed by atoms with E-state index in [1.54, 1.807) is 0 Å². The molecule has 2 aromatic rings. The van der Waals surface area contributed by atoms with Gasteiger partial charge in [0, 0.05) is 11.6 Å². The van der Waals surface area contributed by atoms with E-state index in [9.17, 15) is 4.79 Å². The molecule has 0 saturated heterocycles. The van der Waals surface area contributed by atoms with E-state index >= 15 is 0 Å². The molecule has 1 aliphatic carbocycles. The standard InChI is InChI=1S/C20H24N2O2/c21-13-17-7-4-8-19(17)22-20(23)16-9-11-18(12-10-16)24-14-15-5-2-1-3-6-15/h1-3,5-6,9-12,17,19H,4,7-8,13-14,21H2,(H,22,23). The summed E-state index contributed by atoms with van der Waals surface area (Å²) in [7, 11) is 0. The van der Waals surface area contributed by atoms with Gasteiger partial charge in [0.2, 0.25) is 0 Å². The SMILES string of the molecule is NCC1CCCC1NC(=O)c1ccc(OCc2ccccc2)cc1. The summed E-state index contributed by atoms with van der Waals surface area (Å²) in [5.74, 6) is 1.13. The predicted molar refractivity (Wildman–Crippen MR) is 94.9 cm³/mol. The van der Waals surface area contributed by atoms with Crippen LogP contribution >= 0.6 is 0 Å². The lowest BCUT2D eigenvalue weighted by Gasteiger charge is -2.19. The number of benzene rings is 2. The van der Waals surface area contributed by atoms with Crippen molar-refractivity contribution in [2.75, 3.05) is 6.54 Å². The number of hydrogen-bond acceptors (Lipinski definition) is 3. The minimum atomic E-state index is -0.0324. The molecule has 126 valence electrons. The zero-order valence-corrected chi connectivity index (χ0v) is 13.8. The largest absolute Gasteiger partial charge is 0.489 e. The smallest absolute Gasteiger partial charge is 0.251 e. The first-order valence-electron chi connectivity index (χ1n) is 8.54. The van der Waals surface area contributed by atoms with E-state index in [4.69, 9.17) is 10.5 Å². The topological polar surface area (TPSA) is 64.3 Å². The number of carbonyl (C=O) groups is 1. The number of nitrogens with two attached hydrogens (primary N) is 1. The fourth-order valence-electron chi connectivity index (χ4n) is 3.20. The molecule has 0 spiro atoms. The molecular weight excluding hydrogens is 300 g/mol. The molecule has 0 heterocycles. The van der Waals surface area contributed by atoms with E-state index in [0.717, 1.165) is 30.6 Å². The Morgan fingerprint density at radius 3 is 2.54 bits per heavy atom. The van der Waals surface area contributed by atoms with E-state index in [0.29, 0.717) is 24.6 Å². The molecule has 2 atom stereocenters. The molecule has 3 rings (SSSR count). The van der Waals surface area contributed by atoms with Crippen LogP contribution in [0.15, 0.2) is 54.6 Å². The van der Waals surface area contributed by atoms with Gasteiger partial charge in [-0.3, -0.25) is 4.79 Å². The summed E-state index contributed by atoms with van der Waals surface area (Å²) in [5, 5.41) is 3.11. The highest BCUT2D eigenvalue weighted by atomic mass is 16.5. The van der Waals surface area contributed by atoms with Gasteiger partial charge in [-0.2, -0.15) is 0 Å². The first kappa shape index (κ1) is 16.5. The molecule has 1 fully saturated rings. The lowest BCUT2D eigenvalue weighted by Crippen LogP contribution is -2.39. The van der Waals surface area contributed by atoms with Gasteiger partial charge >= 0.3 is 0 Å². The summed E-state index contributed by atoms with van der Waals surface area (Å²) in [6.45, 7) is 1.16. The van der Waals surface area contributed by atoms with Crippen molar-refractivity contribution in [3.63, 3.8) is 0 Å². The fraction of sp³-hybridized carbons (Fsp3) is 0.350.